The van der Waals surface area contributed by atoms with Crippen LogP contribution in [0.4, 0.5) is 10.7 Å². The zero-order valence-corrected chi connectivity index (χ0v) is 11.5. The zero-order chi connectivity index (χ0) is 13.0. The lowest BCUT2D eigenvalue weighted by Crippen LogP contribution is -2.24. The van der Waals surface area contributed by atoms with E-state index in [-0.39, 0.29) is 0 Å². The van der Waals surface area contributed by atoms with E-state index in [0.717, 1.165) is 11.4 Å². The highest BCUT2D eigenvalue weighted by Crippen LogP contribution is 2.42. The Bertz CT molecular complexity index is 420. The third-order valence-electron chi connectivity index (χ3n) is 2.77. The van der Waals surface area contributed by atoms with Crippen LogP contribution in [0.2, 0.25) is 0 Å². The van der Waals surface area contributed by atoms with Crippen molar-refractivity contribution in [3.05, 3.63) is 4.88 Å². The van der Waals surface area contributed by atoms with Gasteiger partial charge < -0.3 is 15.8 Å². The van der Waals surface area contributed by atoms with Crippen molar-refractivity contribution in [2.45, 2.75) is 33.2 Å². The van der Waals surface area contributed by atoms with Crippen molar-refractivity contribution in [1.29, 1.82) is 5.26 Å². The van der Waals surface area contributed by atoms with Gasteiger partial charge in [-0.3, -0.25) is 0 Å². The minimum atomic E-state index is 0.355. The Kier molecular flexibility index (Phi) is 4.64. The van der Waals surface area contributed by atoms with E-state index in [1.807, 2.05) is 0 Å². The Labute approximate surface area is 106 Å². The number of thiophene rings is 1. The number of methoxy groups -OCH3 is 1. The van der Waals surface area contributed by atoms with Crippen molar-refractivity contribution < 1.29 is 4.74 Å². The van der Waals surface area contributed by atoms with Gasteiger partial charge >= 0.3 is 0 Å². The number of hydrogen-bond donors (Lipinski definition) is 2. The van der Waals surface area contributed by atoms with Crippen LogP contribution in [0.5, 0.6) is 5.75 Å². The molecule has 1 heterocycles. The molecule has 0 saturated carbocycles. The summed E-state index contributed by atoms with van der Waals surface area (Å²) in [5, 5.41) is 13.2. The average Bonchev–Trinajstić information content (AvgIpc) is 2.61. The molecule has 0 aliphatic rings. The minimum absolute atomic E-state index is 0.355. The van der Waals surface area contributed by atoms with Gasteiger partial charge in [-0.2, -0.15) is 5.26 Å². The lowest BCUT2D eigenvalue weighted by molar-refractivity contribution is 0.418. The zero-order valence-electron chi connectivity index (χ0n) is 10.7. The first-order valence-electron chi connectivity index (χ1n) is 5.67. The molecule has 0 bridgehead atoms. The van der Waals surface area contributed by atoms with Crippen LogP contribution < -0.4 is 15.8 Å². The molecule has 0 aliphatic heterocycles. The third kappa shape index (κ3) is 2.83. The molecule has 0 saturated heterocycles. The number of ether oxygens (including phenoxy) is 1. The fourth-order valence-electron chi connectivity index (χ4n) is 1.72. The van der Waals surface area contributed by atoms with Crippen LogP contribution in [0, 0.1) is 17.2 Å². The molecule has 0 amide bonds. The molecule has 1 atom stereocenters. The molecule has 1 aromatic rings. The smallest absolute Gasteiger partial charge is 0.177 e. The topological polar surface area (TPSA) is 71.1 Å². The summed E-state index contributed by atoms with van der Waals surface area (Å²) in [4.78, 5) is 0.503. The van der Waals surface area contributed by atoms with Gasteiger partial charge in [-0.05, 0) is 12.3 Å². The number of nitrogens with two attached hydrogens (primary N) is 1. The fourth-order valence-corrected chi connectivity index (χ4v) is 2.67. The van der Waals surface area contributed by atoms with E-state index in [1.165, 1.54) is 11.3 Å². The van der Waals surface area contributed by atoms with Crippen LogP contribution in [0.25, 0.3) is 0 Å². The standard InChI is InChI=1S/C12H19N3OS/c1-5-8(7(2)3)15-12-11(16-4)10(14)9(6-13)17-12/h7-8,15H,5,14H2,1-4H3. The first-order valence-corrected chi connectivity index (χ1v) is 6.49. The lowest BCUT2D eigenvalue weighted by Gasteiger charge is -2.21. The van der Waals surface area contributed by atoms with E-state index in [0.29, 0.717) is 28.3 Å². The number of nitrogens with one attached hydrogen (secondary N) is 1. The van der Waals surface area contributed by atoms with E-state index in [4.69, 9.17) is 15.7 Å². The summed E-state index contributed by atoms with van der Waals surface area (Å²) in [5.74, 6) is 1.10. The molecule has 0 fully saturated rings. The van der Waals surface area contributed by atoms with Crippen LogP contribution in [0.15, 0.2) is 0 Å². The highest BCUT2D eigenvalue weighted by atomic mass is 32.1. The summed E-state index contributed by atoms with van der Waals surface area (Å²) in [6.45, 7) is 6.46. The van der Waals surface area contributed by atoms with Gasteiger partial charge in [-0.15, -0.1) is 11.3 Å². The maximum absolute atomic E-state index is 8.95. The molecule has 1 aromatic heterocycles. The van der Waals surface area contributed by atoms with Crippen LogP contribution in [-0.2, 0) is 0 Å². The summed E-state index contributed by atoms with van der Waals surface area (Å²) in [6.07, 6.45) is 1.01. The lowest BCUT2D eigenvalue weighted by atomic mass is 10.0. The number of nitrogens with zero attached hydrogens (tertiary/aromatic N) is 1. The summed E-state index contributed by atoms with van der Waals surface area (Å²) < 4.78 is 5.26. The monoisotopic (exact) mass is 253 g/mol. The average molecular weight is 253 g/mol. The van der Waals surface area contributed by atoms with Gasteiger partial charge in [0.15, 0.2) is 5.75 Å². The van der Waals surface area contributed by atoms with Gasteiger partial charge in [-0.1, -0.05) is 20.8 Å². The predicted molar refractivity (Wildman–Crippen MR) is 72.5 cm³/mol. The number of rotatable bonds is 5. The number of hydrogen-bond acceptors (Lipinski definition) is 5. The van der Waals surface area contributed by atoms with E-state index >= 15 is 0 Å². The predicted octanol–water partition coefficient (Wildman–Crippen LogP) is 3.06. The normalized spacial score (nSPS) is 12.2. The molecule has 0 radical (unpaired) electrons. The maximum Gasteiger partial charge on any atom is 0.177 e. The molecule has 5 heteroatoms. The number of anilines is 2. The Morgan fingerprint density at radius 2 is 2.18 bits per heavy atom. The molecule has 0 aromatic carbocycles. The molecule has 17 heavy (non-hydrogen) atoms. The van der Waals surface area contributed by atoms with Crippen molar-refractivity contribution in [2.24, 2.45) is 5.92 Å². The first kappa shape index (κ1) is 13.7. The Morgan fingerprint density at radius 3 is 2.59 bits per heavy atom. The van der Waals surface area contributed by atoms with Gasteiger partial charge in [-0.25, -0.2) is 0 Å². The van der Waals surface area contributed by atoms with E-state index in [1.54, 1.807) is 7.11 Å². The minimum Gasteiger partial charge on any atom is -0.492 e. The number of nitrogen functional groups attached to an aromatic ring is 1. The van der Waals surface area contributed by atoms with E-state index in [9.17, 15) is 0 Å². The molecular formula is C12H19N3OS. The highest BCUT2D eigenvalue weighted by molar-refractivity contribution is 7.17. The second-order valence-electron chi connectivity index (χ2n) is 4.22. The molecule has 4 nitrogen and oxygen atoms in total. The summed E-state index contributed by atoms with van der Waals surface area (Å²) in [5.41, 5.74) is 6.27. The summed E-state index contributed by atoms with van der Waals surface area (Å²) in [7, 11) is 1.57. The largest absolute Gasteiger partial charge is 0.492 e. The Morgan fingerprint density at radius 1 is 1.53 bits per heavy atom. The second kappa shape index (κ2) is 5.78. The molecule has 94 valence electrons. The molecule has 0 spiro atoms. The first-order chi connectivity index (χ1) is 8.04. The van der Waals surface area contributed by atoms with Gasteiger partial charge in [0.1, 0.15) is 21.6 Å². The van der Waals surface area contributed by atoms with Crippen molar-refractivity contribution in [2.75, 3.05) is 18.2 Å². The SMILES string of the molecule is CCC(Nc1sc(C#N)c(N)c1OC)C(C)C. The van der Waals surface area contributed by atoms with Crippen molar-refractivity contribution >= 4 is 22.0 Å². The van der Waals surface area contributed by atoms with Gasteiger partial charge in [0, 0.05) is 6.04 Å². The fraction of sp³-hybridized carbons (Fsp3) is 0.583. The molecule has 0 aliphatic carbocycles. The Balaban J connectivity index is 3.02. The summed E-state index contributed by atoms with van der Waals surface area (Å²) >= 11 is 1.35. The third-order valence-corrected chi connectivity index (χ3v) is 3.79. The Hall–Kier alpha value is -1.41. The van der Waals surface area contributed by atoms with Gasteiger partial charge in [0.25, 0.3) is 0 Å². The second-order valence-corrected chi connectivity index (χ2v) is 5.24. The summed E-state index contributed by atoms with van der Waals surface area (Å²) in [6, 6.07) is 2.44. The van der Waals surface area contributed by atoms with E-state index < -0.39 is 0 Å². The van der Waals surface area contributed by atoms with Gasteiger partial charge in [0.2, 0.25) is 0 Å². The van der Waals surface area contributed by atoms with Crippen molar-refractivity contribution in [3.8, 4) is 11.8 Å². The quantitative estimate of drug-likeness (QED) is 0.846. The van der Waals surface area contributed by atoms with Crippen molar-refractivity contribution in [3.63, 3.8) is 0 Å². The van der Waals surface area contributed by atoms with Crippen LogP contribution in [0.1, 0.15) is 32.1 Å². The number of nitriles is 1. The molecule has 1 rings (SSSR count). The molecular weight excluding hydrogens is 234 g/mol. The highest BCUT2D eigenvalue weighted by Gasteiger charge is 2.20. The van der Waals surface area contributed by atoms with E-state index in [2.05, 4.69) is 32.2 Å². The van der Waals surface area contributed by atoms with Crippen LogP contribution in [0.3, 0.4) is 0 Å². The van der Waals surface area contributed by atoms with Crippen LogP contribution >= 0.6 is 11.3 Å². The van der Waals surface area contributed by atoms with Gasteiger partial charge in [0.05, 0.1) is 7.11 Å². The molecule has 3 N–H and O–H groups in total. The molecule has 1 unspecified atom stereocenters. The van der Waals surface area contributed by atoms with Crippen LogP contribution in [-0.4, -0.2) is 13.2 Å². The maximum atomic E-state index is 8.95. The van der Waals surface area contributed by atoms with Crippen molar-refractivity contribution in [1.82, 2.24) is 0 Å².